The van der Waals surface area contributed by atoms with E-state index in [2.05, 4.69) is 46.2 Å². The summed E-state index contributed by atoms with van der Waals surface area (Å²) in [4.78, 5) is 10.1. The number of hydrogen-bond donors (Lipinski definition) is 0. The highest BCUT2D eigenvalue weighted by atomic mass is 16.5. The first-order valence-electron chi connectivity index (χ1n) is 9.12. The molecule has 4 heteroatoms. The topological polar surface area (TPSA) is 28.6 Å². The molecule has 3 fully saturated rings. The number of rotatable bonds is 5. The molecular formula is C20H27N3O. The van der Waals surface area contributed by atoms with Crippen LogP contribution in [0.25, 0.3) is 10.9 Å². The highest BCUT2D eigenvalue weighted by molar-refractivity contribution is 5.78. The van der Waals surface area contributed by atoms with Gasteiger partial charge >= 0.3 is 0 Å². The summed E-state index contributed by atoms with van der Waals surface area (Å²) in [7, 11) is 1.80. The van der Waals surface area contributed by atoms with Crippen molar-refractivity contribution in [3.63, 3.8) is 0 Å². The zero-order chi connectivity index (χ0) is 16.4. The Bertz CT molecular complexity index is 689. The van der Waals surface area contributed by atoms with E-state index in [1.165, 1.54) is 37.0 Å². The van der Waals surface area contributed by atoms with Crippen LogP contribution in [0.3, 0.4) is 0 Å². The third-order valence-corrected chi connectivity index (χ3v) is 5.53. The molecule has 128 valence electrons. The number of benzene rings is 1. The zero-order valence-electron chi connectivity index (χ0n) is 14.5. The summed E-state index contributed by atoms with van der Waals surface area (Å²) in [5.41, 5.74) is 2.30. The summed E-state index contributed by atoms with van der Waals surface area (Å²) in [5.74, 6) is 0.793. The van der Waals surface area contributed by atoms with Gasteiger partial charge in [-0.15, -0.1) is 0 Å². The van der Waals surface area contributed by atoms with E-state index in [0.717, 1.165) is 37.7 Å². The Morgan fingerprint density at radius 1 is 1.08 bits per heavy atom. The third-order valence-electron chi connectivity index (χ3n) is 5.53. The standard InChI is InChI=1S/C20H27N3O/c1-24-11-10-23-13-16-6-9-19(23)15-22(12-16)14-18-8-7-17-4-2-3-5-20(17)21-18/h2-5,7-8,16,19H,6,9-15H2,1H3/t16-,19+/m1/s1. The first kappa shape index (κ1) is 16.0. The van der Waals surface area contributed by atoms with Crippen LogP contribution in [-0.2, 0) is 11.3 Å². The quantitative estimate of drug-likeness (QED) is 0.845. The Morgan fingerprint density at radius 3 is 2.92 bits per heavy atom. The molecule has 1 aromatic heterocycles. The average molecular weight is 325 g/mol. The second kappa shape index (κ2) is 7.18. The maximum Gasteiger partial charge on any atom is 0.0705 e. The van der Waals surface area contributed by atoms with Crippen molar-refractivity contribution in [2.45, 2.75) is 25.4 Å². The molecular weight excluding hydrogens is 298 g/mol. The Kier molecular flexibility index (Phi) is 4.79. The van der Waals surface area contributed by atoms with E-state index in [0.29, 0.717) is 6.04 Å². The molecule has 0 unspecified atom stereocenters. The number of pyridine rings is 1. The van der Waals surface area contributed by atoms with Gasteiger partial charge < -0.3 is 4.74 Å². The van der Waals surface area contributed by atoms with Crippen molar-refractivity contribution in [3.05, 3.63) is 42.1 Å². The molecule has 3 saturated heterocycles. The highest BCUT2D eigenvalue weighted by Gasteiger charge is 2.34. The molecule has 1 aromatic carbocycles. The molecule has 0 N–H and O–H groups in total. The lowest BCUT2D eigenvalue weighted by Gasteiger charge is -2.35. The van der Waals surface area contributed by atoms with Gasteiger partial charge in [0.2, 0.25) is 0 Å². The fourth-order valence-corrected chi connectivity index (χ4v) is 4.31. The molecule has 24 heavy (non-hydrogen) atoms. The van der Waals surface area contributed by atoms with Gasteiger partial charge in [0.05, 0.1) is 17.8 Å². The number of hydrogen-bond acceptors (Lipinski definition) is 4. The fraction of sp³-hybridized carbons (Fsp3) is 0.550. The first-order chi connectivity index (χ1) is 11.8. The number of para-hydroxylation sites is 1. The number of nitrogens with zero attached hydrogens (tertiary/aromatic N) is 3. The average Bonchev–Trinajstić information content (AvgIpc) is 2.90. The van der Waals surface area contributed by atoms with Crippen LogP contribution in [0.5, 0.6) is 0 Å². The Hall–Kier alpha value is -1.49. The molecule has 5 rings (SSSR count). The maximum absolute atomic E-state index is 5.29. The van der Waals surface area contributed by atoms with Crippen LogP contribution in [0, 0.1) is 5.92 Å². The van der Waals surface area contributed by atoms with E-state index in [9.17, 15) is 0 Å². The van der Waals surface area contributed by atoms with Crippen LogP contribution >= 0.6 is 0 Å². The highest BCUT2D eigenvalue weighted by Crippen LogP contribution is 2.28. The van der Waals surface area contributed by atoms with Crippen molar-refractivity contribution >= 4 is 10.9 Å². The lowest BCUT2D eigenvalue weighted by atomic mass is 9.95. The summed E-state index contributed by atoms with van der Waals surface area (Å²) >= 11 is 0. The smallest absolute Gasteiger partial charge is 0.0705 e. The third kappa shape index (κ3) is 3.46. The van der Waals surface area contributed by atoms with E-state index in [-0.39, 0.29) is 0 Å². The number of fused-ring (bicyclic) bond motifs is 5. The van der Waals surface area contributed by atoms with E-state index >= 15 is 0 Å². The van der Waals surface area contributed by atoms with E-state index in [4.69, 9.17) is 9.72 Å². The molecule has 2 bridgehead atoms. The molecule has 4 nitrogen and oxygen atoms in total. The first-order valence-corrected chi connectivity index (χ1v) is 9.12. The summed E-state index contributed by atoms with van der Waals surface area (Å²) in [6.45, 7) is 6.48. The van der Waals surface area contributed by atoms with Crippen LogP contribution < -0.4 is 0 Å². The van der Waals surface area contributed by atoms with Gasteiger partial charge in [0.15, 0.2) is 0 Å². The van der Waals surface area contributed by atoms with Crippen LogP contribution in [0.15, 0.2) is 36.4 Å². The van der Waals surface area contributed by atoms with Crippen LogP contribution in [-0.4, -0.2) is 60.7 Å². The Balaban J connectivity index is 1.46. The lowest BCUT2D eigenvalue weighted by Crippen LogP contribution is -2.45. The predicted molar refractivity (Wildman–Crippen MR) is 97.0 cm³/mol. The van der Waals surface area contributed by atoms with Crippen molar-refractivity contribution < 1.29 is 4.74 Å². The molecule has 4 heterocycles. The summed E-state index contributed by atoms with van der Waals surface area (Å²) in [6, 6.07) is 13.5. The van der Waals surface area contributed by atoms with Gasteiger partial charge in [0.25, 0.3) is 0 Å². The van der Waals surface area contributed by atoms with Crippen molar-refractivity contribution in [3.8, 4) is 0 Å². The van der Waals surface area contributed by atoms with Gasteiger partial charge in [-0.25, -0.2) is 0 Å². The van der Waals surface area contributed by atoms with Crippen molar-refractivity contribution in [1.29, 1.82) is 0 Å². The minimum Gasteiger partial charge on any atom is -0.383 e. The molecule has 0 radical (unpaired) electrons. The van der Waals surface area contributed by atoms with Crippen LogP contribution in [0.4, 0.5) is 0 Å². The summed E-state index contributed by atoms with van der Waals surface area (Å²) < 4.78 is 5.29. The molecule has 3 aliphatic rings. The van der Waals surface area contributed by atoms with Crippen molar-refractivity contribution in [1.82, 2.24) is 14.8 Å². The van der Waals surface area contributed by atoms with Crippen molar-refractivity contribution in [2.24, 2.45) is 5.92 Å². The van der Waals surface area contributed by atoms with Crippen LogP contribution in [0.2, 0.25) is 0 Å². The Labute approximate surface area is 144 Å². The largest absolute Gasteiger partial charge is 0.383 e. The van der Waals surface area contributed by atoms with Gasteiger partial charge in [0.1, 0.15) is 0 Å². The second-order valence-corrected chi connectivity index (χ2v) is 7.27. The SMILES string of the molecule is COCCN1C[C@@H]2CC[C@H]1CN(Cc1ccc3ccccc3n1)C2. The normalized spacial score (nSPS) is 25.2. The zero-order valence-corrected chi connectivity index (χ0v) is 14.5. The predicted octanol–water partition coefficient (Wildman–Crippen LogP) is 2.78. The minimum absolute atomic E-state index is 0.680. The molecule has 3 aliphatic heterocycles. The number of aromatic nitrogens is 1. The monoisotopic (exact) mass is 325 g/mol. The summed E-state index contributed by atoms with van der Waals surface area (Å²) in [6.07, 6.45) is 2.70. The van der Waals surface area contributed by atoms with Gasteiger partial charge in [0, 0.05) is 51.3 Å². The molecule has 2 aromatic rings. The molecule has 2 atom stereocenters. The molecule has 0 spiro atoms. The van der Waals surface area contributed by atoms with E-state index in [1.807, 2.05) is 0 Å². The second-order valence-electron chi connectivity index (χ2n) is 7.27. The molecule has 0 amide bonds. The van der Waals surface area contributed by atoms with Crippen LogP contribution in [0.1, 0.15) is 18.5 Å². The van der Waals surface area contributed by atoms with Crippen molar-refractivity contribution in [2.75, 3.05) is 39.9 Å². The number of ether oxygens (including phenoxy) is 1. The molecule has 0 aliphatic carbocycles. The van der Waals surface area contributed by atoms with Gasteiger partial charge in [-0.05, 0) is 30.9 Å². The number of methoxy groups -OCH3 is 1. The number of piperidine rings is 1. The van der Waals surface area contributed by atoms with Gasteiger partial charge in [-0.2, -0.15) is 0 Å². The van der Waals surface area contributed by atoms with E-state index < -0.39 is 0 Å². The Morgan fingerprint density at radius 2 is 2.00 bits per heavy atom. The fourth-order valence-electron chi connectivity index (χ4n) is 4.31. The van der Waals surface area contributed by atoms with E-state index in [1.54, 1.807) is 7.11 Å². The van der Waals surface area contributed by atoms with Gasteiger partial charge in [-0.1, -0.05) is 24.3 Å². The molecule has 0 saturated carbocycles. The van der Waals surface area contributed by atoms with Gasteiger partial charge in [-0.3, -0.25) is 14.8 Å². The maximum atomic E-state index is 5.29. The summed E-state index contributed by atoms with van der Waals surface area (Å²) in [5, 5.41) is 1.22. The minimum atomic E-state index is 0.680. The lowest BCUT2D eigenvalue weighted by molar-refractivity contribution is 0.0867.